The number of H-pyrrole nitrogens is 1. The molecule has 0 amide bonds. The van der Waals surface area contributed by atoms with Crippen LogP contribution in [0.3, 0.4) is 0 Å². The number of nitrogens with two attached hydrogens (primary N) is 1. The maximum Gasteiger partial charge on any atom is 0.123 e. The van der Waals surface area contributed by atoms with E-state index in [1.165, 1.54) is 18.2 Å². The number of hydrogen-bond acceptors (Lipinski definition) is 1. The molecule has 0 aliphatic heterocycles. The lowest BCUT2D eigenvalue weighted by molar-refractivity contribution is 0.628. The first-order chi connectivity index (χ1) is 10.7. The van der Waals surface area contributed by atoms with Gasteiger partial charge < -0.3 is 10.7 Å². The second-order valence-electron chi connectivity index (χ2n) is 5.42. The van der Waals surface area contributed by atoms with E-state index in [1.807, 2.05) is 0 Å². The van der Waals surface area contributed by atoms with E-state index in [2.05, 4.69) is 4.98 Å². The van der Waals surface area contributed by atoms with Gasteiger partial charge in [0.05, 0.1) is 0 Å². The molecule has 3 rings (SSSR count). The van der Waals surface area contributed by atoms with E-state index < -0.39 is 0 Å². The normalized spacial score (nSPS) is 11.2. The maximum absolute atomic E-state index is 13.6. The number of aromatic nitrogens is 1. The molecule has 0 aliphatic rings. The van der Waals surface area contributed by atoms with Crippen LogP contribution >= 0.6 is 0 Å². The summed E-state index contributed by atoms with van der Waals surface area (Å²) in [5.74, 6) is -0.521. The highest BCUT2D eigenvalue weighted by molar-refractivity contribution is 5.90. The molecule has 4 heteroatoms. The Morgan fingerprint density at radius 2 is 1.64 bits per heavy atom. The van der Waals surface area contributed by atoms with Gasteiger partial charge in [0.2, 0.25) is 0 Å². The number of unbranched alkanes of at least 4 members (excludes halogenated alkanes) is 1. The molecule has 0 saturated heterocycles. The molecule has 0 radical (unpaired) electrons. The summed E-state index contributed by atoms with van der Waals surface area (Å²) in [5.41, 5.74) is 9.35. The summed E-state index contributed by atoms with van der Waals surface area (Å²) in [5, 5.41) is 0.886. The van der Waals surface area contributed by atoms with Crippen LogP contribution < -0.4 is 5.73 Å². The minimum absolute atomic E-state index is 0.253. The van der Waals surface area contributed by atoms with E-state index >= 15 is 0 Å². The Kier molecular flexibility index (Phi) is 4.20. The third kappa shape index (κ3) is 2.88. The summed E-state index contributed by atoms with van der Waals surface area (Å²) in [6.45, 7) is 0.641. The molecule has 3 aromatic rings. The number of aromatic amines is 1. The van der Waals surface area contributed by atoms with E-state index in [9.17, 15) is 8.78 Å². The minimum Gasteiger partial charge on any atom is -0.354 e. The fraction of sp³-hybridized carbons (Fsp3) is 0.222. The average Bonchev–Trinajstić information content (AvgIpc) is 2.86. The summed E-state index contributed by atoms with van der Waals surface area (Å²) < 4.78 is 26.7. The van der Waals surface area contributed by atoms with Crippen molar-refractivity contribution in [3.63, 3.8) is 0 Å². The number of hydrogen-bond donors (Lipinski definition) is 2. The first-order valence-electron chi connectivity index (χ1n) is 7.45. The van der Waals surface area contributed by atoms with Crippen LogP contribution in [-0.4, -0.2) is 11.5 Å². The van der Waals surface area contributed by atoms with Crippen molar-refractivity contribution >= 4 is 10.9 Å². The molecular formula is C18H18F2N2. The van der Waals surface area contributed by atoms with Crippen LogP contribution in [0.15, 0.2) is 42.5 Å². The molecule has 22 heavy (non-hydrogen) atoms. The fourth-order valence-corrected chi connectivity index (χ4v) is 2.79. The molecule has 2 nitrogen and oxygen atoms in total. The van der Waals surface area contributed by atoms with Crippen molar-refractivity contribution in [1.29, 1.82) is 0 Å². The molecule has 0 aliphatic carbocycles. The smallest absolute Gasteiger partial charge is 0.123 e. The SMILES string of the molecule is NCCCCc1c(-c2ccc(F)cc2)[nH]c2ccc(F)cc12. The Morgan fingerprint density at radius 1 is 0.909 bits per heavy atom. The lowest BCUT2D eigenvalue weighted by Crippen LogP contribution is -1.99. The van der Waals surface area contributed by atoms with Crippen molar-refractivity contribution in [3.8, 4) is 11.3 Å². The van der Waals surface area contributed by atoms with Crippen LogP contribution in [0.4, 0.5) is 8.78 Å². The van der Waals surface area contributed by atoms with Crippen molar-refractivity contribution in [3.05, 3.63) is 59.7 Å². The lowest BCUT2D eigenvalue weighted by atomic mass is 10.0. The second kappa shape index (κ2) is 6.28. The molecule has 2 aromatic carbocycles. The second-order valence-corrected chi connectivity index (χ2v) is 5.42. The van der Waals surface area contributed by atoms with Gasteiger partial charge in [-0.25, -0.2) is 8.78 Å². The van der Waals surface area contributed by atoms with Gasteiger partial charge in [-0.1, -0.05) is 0 Å². The average molecular weight is 300 g/mol. The van der Waals surface area contributed by atoms with Crippen LogP contribution in [0.2, 0.25) is 0 Å². The van der Waals surface area contributed by atoms with Gasteiger partial charge in [-0.05, 0) is 79.4 Å². The zero-order valence-corrected chi connectivity index (χ0v) is 12.2. The number of aryl methyl sites for hydroxylation is 1. The van der Waals surface area contributed by atoms with Gasteiger partial charge in [0.15, 0.2) is 0 Å². The topological polar surface area (TPSA) is 41.8 Å². The Balaban J connectivity index is 2.10. The maximum atomic E-state index is 13.6. The Hall–Kier alpha value is -2.20. The summed E-state index contributed by atoms with van der Waals surface area (Å²) in [6.07, 6.45) is 2.67. The first kappa shape index (κ1) is 14.7. The molecule has 1 aromatic heterocycles. The molecule has 3 N–H and O–H groups in total. The number of halogens is 2. The number of benzene rings is 2. The molecule has 0 atom stereocenters. The monoisotopic (exact) mass is 300 g/mol. The molecule has 1 heterocycles. The van der Waals surface area contributed by atoms with Crippen molar-refractivity contribution in [2.45, 2.75) is 19.3 Å². The van der Waals surface area contributed by atoms with Gasteiger partial charge in [-0.3, -0.25) is 0 Å². The molecule has 0 saturated carbocycles. The van der Waals surface area contributed by atoms with Crippen LogP contribution in [0, 0.1) is 11.6 Å². The van der Waals surface area contributed by atoms with Crippen LogP contribution in [-0.2, 0) is 6.42 Å². The van der Waals surface area contributed by atoms with E-state index in [0.717, 1.165) is 47.0 Å². The van der Waals surface area contributed by atoms with Crippen LogP contribution in [0.25, 0.3) is 22.2 Å². The molecular weight excluding hydrogens is 282 g/mol. The summed E-state index contributed by atoms with van der Waals surface area (Å²) >= 11 is 0. The predicted octanol–water partition coefficient (Wildman–Crippen LogP) is 4.39. The van der Waals surface area contributed by atoms with Gasteiger partial charge in [0.25, 0.3) is 0 Å². The molecule has 0 unspecified atom stereocenters. The number of nitrogens with one attached hydrogen (secondary N) is 1. The highest BCUT2D eigenvalue weighted by atomic mass is 19.1. The van der Waals surface area contributed by atoms with E-state index in [-0.39, 0.29) is 11.6 Å². The van der Waals surface area contributed by atoms with Gasteiger partial charge in [0.1, 0.15) is 11.6 Å². The predicted molar refractivity (Wildman–Crippen MR) is 85.6 cm³/mol. The molecule has 0 fully saturated rings. The summed E-state index contributed by atoms with van der Waals surface area (Å²) in [6, 6.07) is 11.1. The van der Waals surface area contributed by atoms with Crippen molar-refractivity contribution in [2.24, 2.45) is 5.73 Å². The third-order valence-corrected chi connectivity index (χ3v) is 3.88. The summed E-state index contributed by atoms with van der Waals surface area (Å²) in [4.78, 5) is 3.33. The first-order valence-corrected chi connectivity index (χ1v) is 7.45. The van der Waals surface area contributed by atoms with Crippen molar-refractivity contribution in [1.82, 2.24) is 4.98 Å². The lowest BCUT2D eigenvalue weighted by Gasteiger charge is -2.05. The van der Waals surface area contributed by atoms with Gasteiger partial charge in [0, 0.05) is 16.6 Å². The van der Waals surface area contributed by atoms with Crippen molar-refractivity contribution in [2.75, 3.05) is 6.54 Å². The number of fused-ring (bicyclic) bond motifs is 1. The molecule has 0 bridgehead atoms. The Morgan fingerprint density at radius 3 is 2.36 bits per heavy atom. The highest BCUT2D eigenvalue weighted by Crippen LogP contribution is 2.32. The zero-order valence-electron chi connectivity index (χ0n) is 12.2. The Labute approximate surface area is 128 Å². The largest absolute Gasteiger partial charge is 0.354 e. The van der Waals surface area contributed by atoms with Crippen molar-refractivity contribution < 1.29 is 8.78 Å². The molecule has 0 spiro atoms. The number of rotatable bonds is 5. The summed E-state index contributed by atoms with van der Waals surface area (Å²) in [7, 11) is 0. The van der Waals surface area contributed by atoms with Gasteiger partial charge >= 0.3 is 0 Å². The quantitative estimate of drug-likeness (QED) is 0.674. The van der Waals surface area contributed by atoms with Gasteiger partial charge in [-0.15, -0.1) is 0 Å². The van der Waals surface area contributed by atoms with Crippen LogP contribution in [0.1, 0.15) is 18.4 Å². The Bertz CT molecular complexity index is 776. The fourth-order valence-electron chi connectivity index (χ4n) is 2.79. The zero-order chi connectivity index (χ0) is 15.5. The standard InChI is InChI=1S/C18H18F2N2/c19-13-6-4-12(5-7-13)18-15(3-1-2-10-21)16-11-14(20)8-9-17(16)22-18/h4-9,11,22H,1-3,10,21H2. The highest BCUT2D eigenvalue weighted by Gasteiger charge is 2.13. The van der Waals surface area contributed by atoms with E-state index in [0.29, 0.717) is 6.54 Å². The minimum atomic E-state index is -0.268. The van der Waals surface area contributed by atoms with E-state index in [4.69, 9.17) is 5.73 Å². The van der Waals surface area contributed by atoms with Crippen LogP contribution in [0.5, 0.6) is 0 Å². The van der Waals surface area contributed by atoms with Gasteiger partial charge in [-0.2, -0.15) is 0 Å². The molecule has 114 valence electrons. The van der Waals surface area contributed by atoms with E-state index in [1.54, 1.807) is 24.3 Å². The third-order valence-electron chi connectivity index (χ3n) is 3.88.